The van der Waals surface area contributed by atoms with Crippen molar-refractivity contribution in [2.45, 2.75) is 13.8 Å². The summed E-state index contributed by atoms with van der Waals surface area (Å²) in [6, 6.07) is 10.4. The van der Waals surface area contributed by atoms with Crippen LogP contribution < -0.4 is 10.4 Å². The Bertz CT molecular complexity index is 706. The Hall–Kier alpha value is -2.76. The zero-order valence-corrected chi connectivity index (χ0v) is 12.4. The van der Waals surface area contributed by atoms with Gasteiger partial charge in [-0.15, -0.1) is 0 Å². The predicted molar refractivity (Wildman–Crippen MR) is 81.5 cm³/mol. The van der Waals surface area contributed by atoms with Crippen LogP contribution in [-0.4, -0.2) is 24.0 Å². The Morgan fingerprint density at radius 3 is 2.68 bits per heavy atom. The maximum atomic E-state index is 12.0. The summed E-state index contributed by atoms with van der Waals surface area (Å²) >= 11 is 0. The van der Waals surface area contributed by atoms with E-state index in [0.29, 0.717) is 18.1 Å². The first kappa shape index (κ1) is 15.6. The number of rotatable bonds is 6. The number of nitrogens with zero attached hydrogens (tertiary/aromatic N) is 1. The minimum absolute atomic E-state index is 0.0363. The van der Waals surface area contributed by atoms with Crippen molar-refractivity contribution in [1.82, 2.24) is 0 Å². The second-order valence-electron chi connectivity index (χ2n) is 4.46. The molecule has 0 fully saturated rings. The van der Waals surface area contributed by atoms with Gasteiger partial charge >= 0.3 is 5.63 Å². The number of benzene rings is 1. The molecule has 0 unspecified atom stereocenters. The van der Waals surface area contributed by atoms with E-state index in [1.807, 2.05) is 18.2 Å². The summed E-state index contributed by atoms with van der Waals surface area (Å²) in [6.45, 7) is 3.62. The van der Waals surface area contributed by atoms with Crippen molar-refractivity contribution in [3.63, 3.8) is 0 Å². The van der Waals surface area contributed by atoms with E-state index in [2.05, 4.69) is 5.16 Å². The first-order valence-corrected chi connectivity index (χ1v) is 6.82. The highest BCUT2D eigenvalue weighted by Crippen LogP contribution is 2.17. The summed E-state index contributed by atoms with van der Waals surface area (Å²) in [7, 11) is 0. The number of ether oxygens (including phenoxy) is 1. The number of hydrogen-bond donors (Lipinski definition) is 1. The molecule has 1 heterocycles. The van der Waals surface area contributed by atoms with Crippen LogP contribution in [0, 0.1) is 6.92 Å². The van der Waals surface area contributed by atoms with Crippen LogP contribution in [0.2, 0.25) is 0 Å². The molecule has 0 radical (unpaired) electrons. The number of hydrogen-bond acceptors (Lipinski definition) is 6. The van der Waals surface area contributed by atoms with Gasteiger partial charge in [-0.05, 0) is 26.0 Å². The van der Waals surface area contributed by atoms with E-state index in [-0.39, 0.29) is 23.6 Å². The lowest BCUT2D eigenvalue weighted by molar-refractivity contribution is 0.156. The first-order valence-electron chi connectivity index (χ1n) is 6.82. The molecule has 0 aliphatic rings. The molecule has 1 aromatic heterocycles. The Balaban J connectivity index is 2.29. The molecule has 0 saturated heterocycles. The maximum absolute atomic E-state index is 12.0. The third-order valence-corrected chi connectivity index (χ3v) is 2.77. The Labute approximate surface area is 127 Å². The minimum Gasteiger partial charge on any atom is -0.507 e. The van der Waals surface area contributed by atoms with Crippen LogP contribution in [0.4, 0.5) is 0 Å². The van der Waals surface area contributed by atoms with E-state index in [0.717, 1.165) is 0 Å². The molecule has 0 atom stereocenters. The fourth-order valence-corrected chi connectivity index (χ4v) is 1.82. The van der Waals surface area contributed by atoms with E-state index in [1.54, 1.807) is 26.0 Å². The molecule has 6 nitrogen and oxygen atoms in total. The number of aryl methyl sites for hydroxylation is 1. The van der Waals surface area contributed by atoms with E-state index in [4.69, 9.17) is 14.0 Å². The predicted octanol–water partition coefficient (Wildman–Crippen LogP) is 2.47. The molecule has 6 heteroatoms. The molecule has 116 valence electrons. The van der Waals surface area contributed by atoms with Crippen LogP contribution in [0.3, 0.4) is 0 Å². The molecule has 0 spiro atoms. The normalized spacial score (nSPS) is 11.3. The first-order chi connectivity index (χ1) is 10.6. The van der Waals surface area contributed by atoms with E-state index in [1.165, 1.54) is 6.07 Å². The summed E-state index contributed by atoms with van der Waals surface area (Å²) in [5.74, 6) is 0.706. The van der Waals surface area contributed by atoms with Crippen LogP contribution in [-0.2, 0) is 4.84 Å². The third-order valence-electron chi connectivity index (χ3n) is 2.77. The monoisotopic (exact) mass is 303 g/mol. The van der Waals surface area contributed by atoms with Gasteiger partial charge in [0.15, 0.2) is 0 Å². The molecule has 0 aliphatic carbocycles. The fourth-order valence-electron chi connectivity index (χ4n) is 1.82. The van der Waals surface area contributed by atoms with Crippen molar-refractivity contribution < 1.29 is 19.1 Å². The van der Waals surface area contributed by atoms with E-state index >= 15 is 0 Å². The van der Waals surface area contributed by atoms with Crippen LogP contribution in [0.25, 0.3) is 0 Å². The number of oxime groups is 1. The zero-order valence-electron chi connectivity index (χ0n) is 12.4. The zero-order chi connectivity index (χ0) is 15.9. The highest BCUT2D eigenvalue weighted by Gasteiger charge is 2.18. The molecular formula is C16H17NO5. The Morgan fingerprint density at radius 1 is 1.32 bits per heavy atom. The van der Waals surface area contributed by atoms with Gasteiger partial charge in [-0.25, -0.2) is 4.79 Å². The molecule has 1 aromatic carbocycles. The molecule has 2 aromatic rings. The third kappa shape index (κ3) is 3.88. The van der Waals surface area contributed by atoms with Crippen LogP contribution in [0.1, 0.15) is 18.2 Å². The number of aromatic hydroxyl groups is 1. The molecule has 0 amide bonds. The van der Waals surface area contributed by atoms with Crippen LogP contribution >= 0.6 is 0 Å². The van der Waals surface area contributed by atoms with Crippen molar-refractivity contribution >= 4 is 5.71 Å². The van der Waals surface area contributed by atoms with Crippen molar-refractivity contribution in [3.8, 4) is 11.5 Å². The summed E-state index contributed by atoms with van der Waals surface area (Å²) in [4.78, 5) is 17.0. The molecular weight excluding hydrogens is 286 g/mol. The van der Waals surface area contributed by atoms with Gasteiger partial charge in [-0.2, -0.15) is 0 Å². The molecule has 0 aliphatic heterocycles. The second kappa shape index (κ2) is 7.31. The Kier molecular flexibility index (Phi) is 5.19. The summed E-state index contributed by atoms with van der Waals surface area (Å²) in [5, 5.41) is 13.8. The van der Waals surface area contributed by atoms with Crippen molar-refractivity contribution in [3.05, 3.63) is 58.1 Å². The molecule has 0 saturated carbocycles. The van der Waals surface area contributed by atoms with Crippen LogP contribution in [0.5, 0.6) is 11.5 Å². The van der Waals surface area contributed by atoms with E-state index in [9.17, 15) is 9.90 Å². The van der Waals surface area contributed by atoms with Crippen molar-refractivity contribution in [2.24, 2.45) is 5.16 Å². The van der Waals surface area contributed by atoms with Gasteiger partial charge in [0.25, 0.3) is 0 Å². The summed E-state index contributed by atoms with van der Waals surface area (Å²) in [6.07, 6.45) is 0. The quantitative estimate of drug-likeness (QED) is 0.655. The standard InChI is InChI=1S/C16H17NO5/c1-3-21-17-13(10-20-12-7-5-4-6-8-12)15-14(18)9-11(2)22-16(15)19/h4-9,18H,3,10H2,1-2H3. The topological polar surface area (TPSA) is 81.3 Å². The van der Waals surface area contributed by atoms with E-state index < -0.39 is 5.63 Å². The van der Waals surface area contributed by atoms with Crippen molar-refractivity contribution in [2.75, 3.05) is 13.2 Å². The molecule has 0 bridgehead atoms. The summed E-state index contributed by atoms with van der Waals surface area (Å²) in [5.41, 5.74) is -0.584. The maximum Gasteiger partial charge on any atom is 0.349 e. The fraction of sp³-hybridized carbons (Fsp3) is 0.250. The largest absolute Gasteiger partial charge is 0.507 e. The van der Waals surface area contributed by atoms with Gasteiger partial charge in [-0.3, -0.25) is 0 Å². The highest BCUT2D eigenvalue weighted by molar-refractivity contribution is 6.03. The lowest BCUT2D eigenvalue weighted by Gasteiger charge is -2.09. The average molecular weight is 303 g/mol. The van der Waals surface area contributed by atoms with Gasteiger partial charge in [0, 0.05) is 6.07 Å². The van der Waals surface area contributed by atoms with Gasteiger partial charge in [0.1, 0.15) is 41.7 Å². The van der Waals surface area contributed by atoms with Gasteiger partial charge in [0.2, 0.25) is 0 Å². The van der Waals surface area contributed by atoms with Gasteiger partial charge < -0.3 is 19.1 Å². The SMILES string of the molecule is CCON=C(COc1ccccc1)c1c(O)cc(C)oc1=O. The van der Waals surface area contributed by atoms with Gasteiger partial charge in [-0.1, -0.05) is 23.4 Å². The van der Waals surface area contributed by atoms with Crippen LogP contribution in [0.15, 0.2) is 50.8 Å². The average Bonchev–Trinajstić information content (AvgIpc) is 2.49. The lowest BCUT2D eigenvalue weighted by Crippen LogP contribution is -2.22. The molecule has 22 heavy (non-hydrogen) atoms. The molecule has 1 N–H and O–H groups in total. The Morgan fingerprint density at radius 2 is 2.05 bits per heavy atom. The number of para-hydroxylation sites is 1. The van der Waals surface area contributed by atoms with Crippen molar-refractivity contribution in [1.29, 1.82) is 0 Å². The van der Waals surface area contributed by atoms with Gasteiger partial charge in [0.05, 0.1) is 0 Å². The summed E-state index contributed by atoms with van der Waals surface area (Å²) < 4.78 is 10.6. The molecule has 2 rings (SSSR count). The minimum atomic E-state index is -0.687. The lowest BCUT2D eigenvalue weighted by atomic mass is 10.1. The smallest absolute Gasteiger partial charge is 0.349 e. The highest BCUT2D eigenvalue weighted by atomic mass is 16.6. The second-order valence-corrected chi connectivity index (χ2v) is 4.46.